The zero-order chi connectivity index (χ0) is 74.5. The summed E-state index contributed by atoms with van der Waals surface area (Å²) >= 11 is 0. The third-order valence-corrected chi connectivity index (χ3v) is 17.7. The van der Waals surface area contributed by atoms with Crippen molar-refractivity contribution in [2.45, 2.75) is 147 Å². The number of carboxylic acid groups (broad SMARTS) is 1. The Morgan fingerprint density at radius 2 is 0.962 bits per heavy atom. The Hall–Kier alpha value is -11.9. The van der Waals surface area contributed by atoms with E-state index in [4.69, 9.17) is 24.4 Å². The molecule has 0 saturated carbocycles. The fourth-order valence-electron chi connectivity index (χ4n) is 12.9. The summed E-state index contributed by atoms with van der Waals surface area (Å²) in [5, 5.41) is 27.9. The summed E-state index contributed by atoms with van der Waals surface area (Å²) < 4.78 is 13.1. The first-order valence-electron chi connectivity index (χ1n) is 35.4. The SMILES string of the molecule is CC(C)(C)OC(=O)C[C@H](NC(=O)[C@H](CCCCNC(=O)CCCCc1ccc(-c2ccnc3c2ccc2c(-c4ccccc4)ccnc23)cc1)NC(=O)[C@H](Cc1ccccc1)NC(=O)OC(C)(C)C)C(=O)N[C@@H](Cc1cn(C(c2ccccc2)(c2ccccc2)c2ccccc2)cn1)C(=O)NCC(=O)O. The number of imidazole rings is 1. The number of ether oxygens (including phenoxy) is 2. The Balaban J connectivity index is 0.829. The highest BCUT2D eigenvalue weighted by molar-refractivity contribution is 6.11. The number of carboxylic acids is 1. The Bertz CT molecular complexity index is 4530. The van der Waals surface area contributed by atoms with Gasteiger partial charge >= 0.3 is 18.0 Å². The minimum atomic E-state index is -1.76. The molecule has 3 aromatic heterocycles. The topological polar surface area (TPSA) is 291 Å². The van der Waals surface area contributed by atoms with Crippen molar-refractivity contribution in [3.63, 3.8) is 0 Å². The highest BCUT2D eigenvalue weighted by Crippen LogP contribution is 2.41. The van der Waals surface area contributed by atoms with E-state index in [0.29, 0.717) is 24.1 Å². The number of nitrogens with one attached hydrogen (secondary N) is 6. The van der Waals surface area contributed by atoms with E-state index in [1.54, 1.807) is 84.4 Å². The van der Waals surface area contributed by atoms with E-state index in [0.717, 1.165) is 79.2 Å². The number of fused-ring (bicyclic) bond motifs is 3. The molecule has 10 aromatic rings. The maximum Gasteiger partial charge on any atom is 0.408 e. The normalized spacial score (nSPS) is 12.7. The second-order valence-electron chi connectivity index (χ2n) is 27.9. The first-order valence-corrected chi connectivity index (χ1v) is 35.4. The molecule has 0 radical (unpaired) electrons. The van der Waals surface area contributed by atoms with Gasteiger partial charge < -0.3 is 51.0 Å². The van der Waals surface area contributed by atoms with Crippen molar-refractivity contribution in [1.29, 1.82) is 0 Å². The molecule has 21 nitrogen and oxygen atoms in total. The number of hydrogen-bond donors (Lipinski definition) is 7. The number of nitrogens with zero attached hydrogens (tertiary/aromatic N) is 4. The molecule has 542 valence electrons. The summed E-state index contributed by atoms with van der Waals surface area (Å²) in [6.45, 7) is 9.31. The highest BCUT2D eigenvalue weighted by Gasteiger charge is 2.40. The average Bonchev–Trinajstić information content (AvgIpc) is 1.73. The van der Waals surface area contributed by atoms with Crippen LogP contribution in [0.4, 0.5) is 4.79 Å². The number of rotatable bonds is 32. The van der Waals surface area contributed by atoms with Crippen LogP contribution in [-0.2, 0) is 67.8 Å². The van der Waals surface area contributed by atoms with Crippen LogP contribution < -0.4 is 31.9 Å². The monoisotopic (exact) mass is 1410 g/mol. The molecule has 3 heterocycles. The van der Waals surface area contributed by atoms with Gasteiger partial charge in [-0.25, -0.2) is 9.78 Å². The van der Waals surface area contributed by atoms with Gasteiger partial charge in [0.05, 0.1) is 29.5 Å². The van der Waals surface area contributed by atoms with Gasteiger partial charge in [0.1, 0.15) is 47.5 Å². The molecule has 0 bridgehead atoms. The average molecular weight is 1420 g/mol. The number of hydrogen-bond acceptors (Lipinski definition) is 13. The maximum atomic E-state index is 15.0. The van der Waals surface area contributed by atoms with Gasteiger partial charge in [-0.15, -0.1) is 0 Å². The van der Waals surface area contributed by atoms with Gasteiger partial charge in [-0.3, -0.25) is 43.5 Å². The minimum absolute atomic E-state index is 0.0190. The molecule has 0 aliphatic carbocycles. The van der Waals surface area contributed by atoms with Crippen LogP contribution in [0.25, 0.3) is 44.1 Å². The van der Waals surface area contributed by atoms with Crippen molar-refractivity contribution in [2.75, 3.05) is 13.1 Å². The van der Waals surface area contributed by atoms with Crippen molar-refractivity contribution in [3.05, 3.63) is 259 Å². The second-order valence-corrected chi connectivity index (χ2v) is 27.9. The third-order valence-electron chi connectivity index (χ3n) is 17.7. The number of carbonyl (C=O) groups excluding carboxylic acids is 7. The fourth-order valence-corrected chi connectivity index (χ4v) is 12.9. The first-order chi connectivity index (χ1) is 50.5. The molecule has 7 aromatic carbocycles. The highest BCUT2D eigenvalue weighted by atomic mass is 16.6. The predicted octanol–water partition coefficient (Wildman–Crippen LogP) is 11.9. The van der Waals surface area contributed by atoms with Gasteiger partial charge in [0.25, 0.3) is 0 Å². The number of amides is 6. The van der Waals surface area contributed by atoms with Gasteiger partial charge in [-0.1, -0.05) is 188 Å². The Labute approximate surface area is 611 Å². The van der Waals surface area contributed by atoms with E-state index in [9.17, 15) is 38.7 Å². The van der Waals surface area contributed by atoms with Crippen LogP contribution in [0, 0.1) is 0 Å². The molecular weight excluding hydrogens is 1320 g/mol. The minimum Gasteiger partial charge on any atom is -0.480 e. The molecule has 4 atom stereocenters. The number of esters is 1. The smallest absolute Gasteiger partial charge is 0.408 e. The molecule has 7 N–H and O–H groups in total. The van der Waals surface area contributed by atoms with E-state index >= 15 is 4.79 Å². The third kappa shape index (κ3) is 20.7. The number of benzene rings is 7. The molecule has 21 heteroatoms. The Kier molecular flexibility index (Phi) is 25.5. The Morgan fingerprint density at radius 3 is 1.51 bits per heavy atom. The zero-order valence-electron chi connectivity index (χ0n) is 60.0. The van der Waals surface area contributed by atoms with Crippen LogP contribution in [0.1, 0.15) is 120 Å². The van der Waals surface area contributed by atoms with Crippen LogP contribution in [0.5, 0.6) is 0 Å². The summed E-state index contributed by atoms with van der Waals surface area (Å²) in [5.41, 5.74) is 7.70. The number of aliphatic carboxylic acids is 1. The van der Waals surface area contributed by atoms with E-state index in [-0.39, 0.29) is 44.6 Å². The molecule has 0 aliphatic heterocycles. The van der Waals surface area contributed by atoms with E-state index < -0.39 is 95.5 Å². The van der Waals surface area contributed by atoms with Crippen LogP contribution in [0.3, 0.4) is 0 Å². The largest absolute Gasteiger partial charge is 0.480 e. The lowest BCUT2D eigenvalue weighted by Gasteiger charge is -2.37. The molecular formula is C84H90N10O11. The van der Waals surface area contributed by atoms with Crippen LogP contribution in [-0.4, -0.2) is 121 Å². The van der Waals surface area contributed by atoms with Crippen LogP contribution >= 0.6 is 0 Å². The van der Waals surface area contributed by atoms with Gasteiger partial charge in [0.2, 0.25) is 29.5 Å². The van der Waals surface area contributed by atoms with Gasteiger partial charge in [0, 0.05) is 55.2 Å². The standard InChI is InChI=1S/C84H90N10O11/c1-82(2,3)104-74(98)52-71(80(102)91-70(77(99)88-53-73(96)97)51-63-54-94(55-89-63)84(60-31-16-9-17-32-60,61-33-18-10-19-34-61)62-35-20-11-21-36-62)92-78(100)68(90-79(101)69(50-57-27-12-7-13-28-57)93-81(103)105-83(4,5)6)37-24-25-47-85-72(95)38-23-22-26-56-39-41-59(42-40-56)65-46-49-87-76-67(65)44-43-66-64(45-48-86-75(66)76)58-29-14-8-15-30-58/h7-21,27-36,39-46,48-49,54-55,68-71H,22-26,37-38,47,50-53H2,1-6H3,(H,85,95)(H,88,99)(H,90,101)(H,91,102)(H,92,100)(H,93,103)(H,96,97)/t68-,69-,70-,71-/m0/s1. The van der Waals surface area contributed by atoms with E-state index in [1.807, 2.05) is 138 Å². The molecule has 0 aliphatic rings. The Morgan fingerprint density at radius 1 is 0.467 bits per heavy atom. The van der Waals surface area contributed by atoms with Gasteiger partial charge in [0.15, 0.2) is 0 Å². The van der Waals surface area contributed by atoms with Crippen molar-refractivity contribution >= 4 is 69.4 Å². The number of aromatic nitrogens is 4. The van der Waals surface area contributed by atoms with Gasteiger partial charge in [-0.2, -0.15) is 0 Å². The fraction of sp³-hybridized carbons (Fsp3) is 0.298. The molecule has 6 amide bonds. The zero-order valence-corrected chi connectivity index (χ0v) is 60.0. The molecule has 105 heavy (non-hydrogen) atoms. The number of aryl methyl sites for hydroxylation is 1. The van der Waals surface area contributed by atoms with Gasteiger partial charge in [-0.05, 0) is 142 Å². The predicted molar refractivity (Wildman–Crippen MR) is 403 cm³/mol. The number of pyridine rings is 2. The summed E-state index contributed by atoms with van der Waals surface area (Å²) in [6.07, 6.45) is 7.99. The lowest BCUT2D eigenvalue weighted by Crippen LogP contribution is -2.59. The lowest BCUT2D eigenvalue weighted by atomic mass is 9.77. The van der Waals surface area contributed by atoms with Crippen molar-refractivity contribution in [3.8, 4) is 22.3 Å². The summed E-state index contributed by atoms with van der Waals surface area (Å²) in [6, 6.07) is 59.1. The number of alkyl carbamates (subject to hydrolysis) is 1. The summed E-state index contributed by atoms with van der Waals surface area (Å²) in [7, 11) is 0. The van der Waals surface area contributed by atoms with Crippen LogP contribution in [0.15, 0.2) is 225 Å². The van der Waals surface area contributed by atoms with Crippen molar-refractivity contribution in [2.24, 2.45) is 0 Å². The molecule has 0 saturated heterocycles. The summed E-state index contributed by atoms with van der Waals surface area (Å²) in [5.74, 6) is -6.06. The van der Waals surface area contributed by atoms with Crippen molar-refractivity contribution < 1.29 is 52.9 Å². The van der Waals surface area contributed by atoms with Crippen LogP contribution in [0.2, 0.25) is 0 Å². The number of unbranched alkanes of at least 4 members (excludes halogenated alkanes) is 2. The molecule has 0 fully saturated rings. The lowest BCUT2D eigenvalue weighted by molar-refractivity contribution is -0.156. The number of carbonyl (C=O) groups is 8. The van der Waals surface area contributed by atoms with Crippen molar-refractivity contribution in [1.82, 2.24) is 51.4 Å². The van der Waals surface area contributed by atoms with E-state index in [1.165, 1.54) is 0 Å². The summed E-state index contributed by atoms with van der Waals surface area (Å²) in [4.78, 5) is 126. The second kappa shape index (κ2) is 35.3. The quantitative estimate of drug-likeness (QED) is 0.00893. The molecule has 0 spiro atoms. The first kappa shape index (κ1) is 75.8. The molecule has 0 unspecified atom stereocenters. The van der Waals surface area contributed by atoms with E-state index in [2.05, 4.69) is 80.4 Å². The molecule has 10 rings (SSSR count). The maximum absolute atomic E-state index is 15.0.